The molecule has 0 atom stereocenters. The molecular weight excluding hydrogens is 222 g/mol. The first kappa shape index (κ1) is 9.84. The monoisotopic (exact) mass is 229 g/mol. The maximum Gasteiger partial charge on any atom is 0.169 e. The van der Waals surface area contributed by atoms with Crippen LogP contribution in [-0.2, 0) is 17.9 Å². The molecule has 0 amide bonds. The molecule has 1 aromatic heterocycles. The summed E-state index contributed by atoms with van der Waals surface area (Å²) in [4.78, 5) is 4.20. The van der Waals surface area contributed by atoms with Crippen LogP contribution in [-0.4, -0.2) is 21.9 Å². The lowest BCUT2D eigenvalue weighted by molar-refractivity contribution is 0.146. The van der Waals surface area contributed by atoms with Crippen molar-refractivity contribution < 1.29 is 4.74 Å². The molecule has 0 radical (unpaired) electrons. The Labute approximate surface area is 90.8 Å². The molecule has 0 saturated heterocycles. The second-order valence-electron chi connectivity index (χ2n) is 2.78. The van der Waals surface area contributed by atoms with Gasteiger partial charge in [-0.3, -0.25) is 0 Å². The van der Waals surface area contributed by atoms with Crippen LogP contribution in [0.25, 0.3) is 0 Å². The molecule has 74 valence electrons. The molecule has 1 aliphatic rings. The van der Waals surface area contributed by atoms with Gasteiger partial charge in [0, 0.05) is 12.3 Å². The minimum atomic E-state index is 0.0873. The second kappa shape index (κ2) is 4.22. The summed E-state index contributed by atoms with van der Waals surface area (Å²) >= 11 is 7.62. The highest BCUT2D eigenvalue weighted by Crippen LogP contribution is 2.30. The molecule has 0 bridgehead atoms. The maximum atomic E-state index is 8.32. The van der Waals surface area contributed by atoms with Gasteiger partial charge in [0.1, 0.15) is 6.61 Å². The van der Waals surface area contributed by atoms with E-state index in [-0.39, 0.29) is 6.61 Å². The van der Waals surface area contributed by atoms with Crippen LogP contribution in [0.15, 0.2) is 5.16 Å². The molecule has 0 N–H and O–H groups in total. The summed E-state index contributed by atoms with van der Waals surface area (Å²) in [6, 6.07) is 1.92. The Morgan fingerprint density at radius 2 is 2.57 bits per heavy atom. The molecule has 4 nitrogen and oxygen atoms in total. The average molecular weight is 230 g/mol. The van der Waals surface area contributed by atoms with Crippen molar-refractivity contribution in [3.8, 4) is 6.07 Å². The fourth-order valence-corrected chi connectivity index (χ4v) is 2.59. The van der Waals surface area contributed by atoms with E-state index < -0.39 is 0 Å². The van der Waals surface area contributed by atoms with Crippen molar-refractivity contribution in [3.05, 3.63) is 10.8 Å². The predicted octanol–water partition coefficient (Wildman–Crippen LogP) is 1.68. The highest BCUT2D eigenvalue weighted by molar-refractivity contribution is 7.99. The van der Waals surface area contributed by atoms with Gasteiger partial charge in [-0.25, -0.2) is 4.98 Å². The van der Waals surface area contributed by atoms with E-state index in [1.165, 1.54) is 0 Å². The number of ether oxygens (including phenoxy) is 1. The molecule has 0 unspecified atom stereocenters. The quantitative estimate of drug-likeness (QED) is 0.740. The summed E-state index contributed by atoms with van der Waals surface area (Å²) < 4.78 is 7.16. The minimum Gasteiger partial charge on any atom is -0.360 e. The topological polar surface area (TPSA) is 50.8 Å². The Morgan fingerprint density at radius 1 is 1.71 bits per heavy atom. The number of thioether (sulfide) groups is 1. The number of rotatable bonds is 3. The second-order valence-corrected chi connectivity index (χ2v) is 4.20. The van der Waals surface area contributed by atoms with Crippen molar-refractivity contribution in [1.82, 2.24) is 9.55 Å². The molecular formula is C8H8ClN3OS. The largest absolute Gasteiger partial charge is 0.360 e. The van der Waals surface area contributed by atoms with Crippen molar-refractivity contribution in [2.24, 2.45) is 0 Å². The zero-order chi connectivity index (χ0) is 9.97. The maximum absolute atomic E-state index is 8.32. The highest BCUT2D eigenvalue weighted by atomic mass is 35.5. The third-order valence-electron chi connectivity index (χ3n) is 1.94. The fraction of sp³-hybridized carbons (Fsp3) is 0.500. The zero-order valence-electron chi connectivity index (χ0n) is 7.36. The van der Waals surface area contributed by atoms with Crippen LogP contribution in [0.2, 0.25) is 5.15 Å². The van der Waals surface area contributed by atoms with Gasteiger partial charge >= 0.3 is 0 Å². The van der Waals surface area contributed by atoms with Gasteiger partial charge in [0.2, 0.25) is 0 Å². The van der Waals surface area contributed by atoms with E-state index in [4.69, 9.17) is 21.6 Å². The number of aromatic nitrogens is 2. The molecule has 0 saturated carbocycles. The number of halogens is 1. The molecule has 14 heavy (non-hydrogen) atoms. The molecule has 0 aliphatic carbocycles. The average Bonchev–Trinajstić information content (AvgIpc) is 2.69. The van der Waals surface area contributed by atoms with Gasteiger partial charge < -0.3 is 9.30 Å². The van der Waals surface area contributed by atoms with Crippen LogP contribution in [0.1, 0.15) is 5.69 Å². The van der Waals surface area contributed by atoms with Crippen LogP contribution >= 0.6 is 23.4 Å². The summed E-state index contributed by atoms with van der Waals surface area (Å²) in [5.74, 6) is 1.03. The van der Waals surface area contributed by atoms with Gasteiger partial charge in [-0.1, -0.05) is 23.4 Å². The summed E-state index contributed by atoms with van der Waals surface area (Å²) in [5, 5.41) is 9.76. The molecule has 2 heterocycles. The molecule has 1 aliphatic heterocycles. The van der Waals surface area contributed by atoms with Gasteiger partial charge in [-0.15, -0.1) is 0 Å². The van der Waals surface area contributed by atoms with Crippen LogP contribution in [0.4, 0.5) is 0 Å². The summed E-state index contributed by atoms with van der Waals surface area (Å²) in [5.41, 5.74) is 0.877. The van der Waals surface area contributed by atoms with Crippen molar-refractivity contribution in [3.63, 3.8) is 0 Å². The Bertz CT molecular complexity index is 385. The first-order valence-electron chi connectivity index (χ1n) is 4.15. The van der Waals surface area contributed by atoms with E-state index in [0.29, 0.717) is 11.8 Å². The molecule has 6 heteroatoms. The van der Waals surface area contributed by atoms with Gasteiger partial charge in [0.05, 0.1) is 18.4 Å². The van der Waals surface area contributed by atoms with Crippen LogP contribution in [0.3, 0.4) is 0 Å². The van der Waals surface area contributed by atoms with Gasteiger partial charge in [0.25, 0.3) is 0 Å². The number of hydrogen-bond acceptors (Lipinski definition) is 4. The number of nitrogens with zero attached hydrogens (tertiary/aromatic N) is 3. The van der Waals surface area contributed by atoms with E-state index >= 15 is 0 Å². The highest BCUT2D eigenvalue weighted by Gasteiger charge is 2.20. The van der Waals surface area contributed by atoms with E-state index in [9.17, 15) is 0 Å². The van der Waals surface area contributed by atoms with E-state index in [1.54, 1.807) is 11.8 Å². The number of nitriles is 1. The summed E-state index contributed by atoms with van der Waals surface area (Å²) in [7, 11) is 0. The molecule has 0 fully saturated rings. The third kappa shape index (κ3) is 1.73. The van der Waals surface area contributed by atoms with Crippen molar-refractivity contribution in [2.45, 2.75) is 18.3 Å². The zero-order valence-corrected chi connectivity index (χ0v) is 8.94. The van der Waals surface area contributed by atoms with Crippen LogP contribution in [0, 0.1) is 11.3 Å². The van der Waals surface area contributed by atoms with Crippen molar-refractivity contribution in [1.29, 1.82) is 5.26 Å². The minimum absolute atomic E-state index is 0.0873. The first-order valence-corrected chi connectivity index (χ1v) is 5.51. The van der Waals surface area contributed by atoms with Gasteiger partial charge in [-0.05, 0) is 0 Å². The molecule has 0 aromatic carbocycles. The third-order valence-corrected chi connectivity index (χ3v) is 3.20. The van der Waals surface area contributed by atoms with Crippen LogP contribution in [0.5, 0.6) is 0 Å². The Hall–Kier alpha value is -0.700. The Kier molecular flexibility index (Phi) is 2.96. The molecule has 1 aromatic rings. The van der Waals surface area contributed by atoms with Gasteiger partial charge in [-0.2, -0.15) is 5.26 Å². The summed E-state index contributed by atoms with van der Waals surface area (Å²) in [6.45, 7) is 1.37. The lowest BCUT2D eigenvalue weighted by atomic mass is 10.5. The standard InChI is InChI=1S/C8H8ClN3OS/c9-7-6(5-13-3-1-10)12-2-4-14-8(12)11-7/h2-5H2. The van der Waals surface area contributed by atoms with Crippen molar-refractivity contribution >= 4 is 23.4 Å². The van der Waals surface area contributed by atoms with Crippen LogP contribution < -0.4 is 0 Å². The van der Waals surface area contributed by atoms with Gasteiger partial charge in [0.15, 0.2) is 10.3 Å². The lowest BCUT2D eigenvalue weighted by Crippen LogP contribution is -2.03. The normalized spacial score (nSPS) is 14.0. The van der Waals surface area contributed by atoms with Crippen molar-refractivity contribution in [2.75, 3.05) is 12.4 Å². The Morgan fingerprint density at radius 3 is 3.36 bits per heavy atom. The summed E-state index contributed by atoms with van der Waals surface area (Å²) in [6.07, 6.45) is 0. The van der Waals surface area contributed by atoms with E-state index in [2.05, 4.69) is 4.98 Å². The number of imidazole rings is 1. The molecule has 2 rings (SSSR count). The molecule has 0 spiro atoms. The van der Waals surface area contributed by atoms with E-state index in [0.717, 1.165) is 23.1 Å². The number of fused-ring (bicyclic) bond motifs is 1. The smallest absolute Gasteiger partial charge is 0.169 e. The number of hydrogen-bond donors (Lipinski definition) is 0. The first-order chi connectivity index (χ1) is 6.83. The van der Waals surface area contributed by atoms with E-state index in [1.807, 2.05) is 10.6 Å². The lowest BCUT2D eigenvalue weighted by Gasteiger charge is -2.03. The Balaban J connectivity index is 2.13. The SMILES string of the molecule is N#CCOCc1c(Cl)nc2n1CCS2. The predicted molar refractivity (Wildman–Crippen MR) is 53.2 cm³/mol. The fourth-order valence-electron chi connectivity index (χ4n) is 1.34.